The van der Waals surface area contributed by atoms with Crippen LogP contribution in [0.2, 0.25) is 0 Å². The number of methoxy groups -OCH3 is 1. The maximum absolute atomic E-state index is 13.0. The Bertz CT molecular complexity index is 1010. The Kier molecular flexibility index (Phi) is 4.79. The van der Waals surface area contributed by atoms with Crippen LogP contribution in [0.3, 0.4) is 0 Å². The smallest absolute Gasteiger partial charge is 0.340 e. The molecule has 4 heterocycles. The Morgan fingerprint density at radius 1 is 1.33 bits per heavy atom. The molecule has 4 rings (SSSR count). The van der Waals surface area contributed by atoms with Crippen molar-refractivity contribution in [1.82, 2.24) is 9.97 Å². The topological polar surface area (TPSA) is 84.4 Å². The Morgan fingerprint density at radius 3 is 2.93 bits per heavy atom. The molecule has 0 radical (unpaired) electrons. The molecule has 27 heavy (non-hydrogen) atoms. The van der Waals surface area contributed by atoms with Crippen LogP contribution in [0.4, 0.5) is 10.8 Å². The zero-order chi connectivity index (χ0) is 19.0. The number of esters is 1. The van der Waals surface area contributed by atoms with Crippen molar-refractivity contribution in [1.29, 1.82) is 0 Å². The highest BCUT2D eigenvalue weighted by molar-refractivity contribution is 7.16. The second-order valence-electron chi connectivity index (χ2n) is 6.09. The first-order valence-electron chi connectivity index (χ1n) is 8.60. The summed E-state index contributed by atoms with van der Waals surface area (Å²) < 4.78 is 4.82. The molecule has 3 aromatic rings. The SMILES string of the molecule is CCc1nc(NC2CCN(c3sccc3C(=O)OC)C2=O)c2ccsc2n1. The van der Waals surface area contributed by atoms with Crippen molar-refractivity contribution in [3.05, 3.63) is 34.3 Å². The number of hydrogen-bond donors (Lipinski definition) is 1. The second-order valence-corrected chi connectivity index (χ2v) is 7.88. The summed E-state index contributed by atoms with van der Waals surface area (Å²) in [5, 5.41) is 8.63. The van der Waals surface area contributed by atoms with E-state index in [-0.39, 0.29) is 11.9 Å². The van der Waals surface area contributed by atoms with Crippen LogP contribution in [0.5, 0.6) is 0 Å². The van der Waals surface area contributed by atoms with Crippen LogP contribution < -0.4 is 10.2 Å². The summed E-state index contributed by atoms with van der Waals surface area (Å²) in [6.45, 7) is 2.55. The van der Waals surface area contributed by atoms with Crippen molar-refractivity contribution in [3.8, 4) is 0 Å². The van der Waals surface area contributed by atoms with Gasteiger partial charge in [0.25, 0.3) is 0 Å². The minimum atomic E-state index is -0.432. The Hall–Kier alpha value is -2.52. The van der Waals surface area contributed by atoms with Gasteiger partial charge in [0, 0.05) is 13.0 Å². The first kappa shape index (κ1) is 17.9. The zero-order valence-corrected chi connectivity index (χ0v) is 16.5. The van der Waals surface area contributed by atoms with Gasteiger partial charge in [0.05, 0.1) is 18.1 Å². The average Bonchev–Trinajstić information content (AvgIpc) is 3.41. The molecule has 1 amide bonds. The number of aryl methyl sites for hydroxylation is 1. The largest absolute Gasteiger partial charge is 0.465 e. The highest BCUT2D eigenvalue weighted by Gasteiger charge is 2.35. The molecule has 7 nitrogen and oxygen atoms in total. The van der Waals surface area contributed by atoms with E-state index in [2.05, 4.69) is 15.3 Å². The Labute approximate surface area is 164 Å². The monoisotopic (exact) mass is 402 g/mol. The molecule has 1 saturated heterocycles. The molecule has 1 aliphatic heterocycles. The van der Waals surface area contributed by atoms with Gasteiger partial charge in [-0.15, -0.1) is 22.7 Å². The molecule has 1 aliphatic rings. The summed E-state index contributed by atoms with van der Waals surface area (Å²) in [6.07, 6.45) is 1.36. The number of carbonyl (C=O) groups is 2. The predicted molar refractivity (Wildman–Crippen MR) is 107 cm³/mol. The first-order chi connectivity index (χ1) is 13.1. The lowest BCUT2D eigenvalue weighted by Crippen LogP contribution is -2.34. The minimum absolute atomic E-state index is 0.0670. The van der Waals surface area contributed by atoms with Gasteiger partial charge in [-0.2, -0.15) is 0 Å². The summed E-state index contributed by atoms with van der Waals surface area (Å²) in [5.74, 6) is 0.945. The van der Waals surface area contributed by atoms with Crippen LogP contribution in [0, 0.1) is 0 Å². The van der Waals surface area contributed by atoms with E-state index in [0.29, 0.717) is 29.3 Å². The molecule has 0 spiro atoms. The van der Waals surface area contributed by atoms with Crippen molar-refractivity contribution < 1.29 is 14.3 Å². The molecule has 3 aromatic heterocycles. The number of amides is 1. The van der Waals surface area contributed by atoms with Gasteiger partial charge in [0.1, 0.15) is 27.5 Å². The number of hydrogen-bond acceptors (Lipinski definition) is 8. The van der Waals surface area contributed by atoms with Crippen molar-refractivity contribution >= 4 is 55.6 Å². The number of nitrogens with zero attached hydrogens (tertiary/aromatic N) is 3. The minimum Gasteiger partial charge on any atom is -0.465 e. The van der Waals surface area contributed by atoms with Gasteiger partial charge >= 0.3 is 5.97 Å². The van der Waals surface area contributed by atoms with E-state index >= 15 is 0 Å². The highest BCUT2D eigenvalue weighted by atomic mass is 32.1. The predicted octanol–water partition coefficient (Wildman–Crippen LogP) is 3.32. The standard InChI is InChI=1S/C18H18N4O3S2/c1-3-13-20-14(10-5-8-26-15(10)21-13)19-12-4-7-22(16(12)23)17-11(6-9-27-17)18(24)25-2/h5-6,8-9,12H,3-4,7H2,1-2H3,(H,19,20,21). The van der Waals surface area contributed by atoms with E-state index in [1.165, 1.54) is 18.4 Å². The highest BCUT2D eigenvalue weighted by Crippen LogP contribution is 2.33. The second kappa shape index (κ2) is 7.24. The fourth-order valence-electron chi connectivity index (χ4n) is 3.12. The normalized spacial score (nSPS) is 16.9. The molecule has 9 heteroatoms. The third-order valence-electron chi connectivity index (χ3n) is 4.50. The molecular weight excluding hydrogens is 384 g/mol. The molecule has 0 aliphatic carbocycles. The van der Waals surface area contributed by atoms with Crippen LogP contribution >= 0.6 is 22.7 Å². The zero-order valence-electron chi connectivity index (χ0n) is 14.9. The van der Waals surface area contributed by atoms with Gasteiger partial charge in [-0.05, 0) is 29.3 Å². The molecular formula is C18H18N4O3S2. The fraction of sp³-hybridized carbons (Fsp3) is 0.333. The van der Waals surface area contributed by atoms with Gasteiger partial charge in [-0.1, -0.05) is 6.92 Å². The van der Waals surface area contributed by atoms with Crippen LogP contribution in [0.15, 0.2) is 22.9 Å². The molecule has 1 unspecified atom stereocenters. The van der Waals surface area contributed by atoms with E-state index in [1.807, 2.05) is 18.4 Å². The molecule has 0 saturated carbocycles. The van der Waals surface area contributed by atoms with Crippen LogP contribution in [-0.2, 0) is 16.0 Å². The summed E-state index contributed by atoms with van der Waals surface area (Å²) in [7, 11) is 1.34. The van der Waals surface area contributed by atoms with Crippen molar-refractivity contribution in [3.63, 3.8) is 0 Å². The fourth-order valence-corrected chi connectivity index (χ4v) is 4.83. The summed E-state index contributed by atoms with van der Waals surface area (Å²) in [5.41, 5.74) is 0.423. The molecule has 0 bridgehead atoms. The van der Waals surface area contributed by atoms with Crippen LogP contribution in [0.25, 0.3) is 10.2 Å². The first-order valence-corrected chi connectivity index (χ1v) is 10.4. The number of rotatable bonds is 5. The summed E-state index contributed by atoms with van der Waals surface area (Å²) >= 11 is 2.92. The lowest BCUT2D eigenvalue weighted by molar-refractivity contribution is -0.117. The van der Waals surface area contributed by atoms with Gasteiger partial charge in [0.2, 0.25) is 5.91 Å². The Balaban J connectivity index is 1.59. The molecule has 0 aromatic carbocycles. The third-order valence-corrected chi connectivity index (χ3v) is 6.24. The number of carbonyl (C=O) groups excluding carboxylic acids is 2. The van der Waals surface area contributed by atoms with E-state index in [4.69, 9.17) is 4.74 Å². The van der Waals surface area contributed by atoms with E-state index < -0.39 is 5.97 Å². The van der Waals surface area contributed by atoms with Crippen molar-refractivity contribution in [2.24, 2.45) is 0 Å². The number of ether oxygens (including phenoxy) is 1. The molecule has 1 N–H and O–H groups in total. The van der Waals surface area contributed by atoms with Gasteiger partial charge in [0.15, 0.2) is 0 Å². The maximum Gasteiger partial charge on any atom is 0.340 e. The summed E-state index contributed by atoms with van der Waals surface area (Å²) in [4.78, 5) is 36.6. The van der Waals surface area contributed by atoms with Crippen molar-refractivity contribution in [2.75, 3.05) is 23.9 Å². The number of nitrogens with one attached hydrogen (secondary N) is 1. The van der Waals surface area contributed by atoms with E-state index in [0.717, 1.165) is 22.5 Å². The molecule has 140 valence electrons. The van der Waals surface area contributed by atoms with E-state index in [9.17, 15) is 9.59 Å². The average molecular weight is 403 g/mol. The van der Waals surface area contributed by atoms with Gasteiger partial charge < -0.3 is 15.0 Å². The van der Waals surface area contributed by atoms with Crippen molar-refractivity contribution in [2.45, 2.75) is 25.8 Å². The maximum atomic E-state index is 13.0. The van der Waals surface area contributed by atoms with Crippen LogP contribution in [0.1, 0.15) is 29.5 Å². The quantitative estimate of drug-likeness (QED) is 0.659. The lowest BCUT2D eigenvalue weighted by atomic mass is 10.2. The number of thiophene rings is 2. The number of fused-ring (bicyclic) bond motifs is 1. The molecule has 1 atom stereocenters. The van der Waals surface area contributed by atoms with Gasteiger partial charge in [-0.3, -0.25) is 4.79 Å². The summed E-state index contributed by atoms with van der Waals surface area (Å²) in [6, 6.07) is 3.26. The Morgan fingerprint density at radius 2 is 2.15 bits per heavy atom. The number of aromatic nitrogens is 2. The van der Waals surface area contributed by atoms with Crippen LogP contribution in [-0.4, -0.2) is 41.5 Å². The third kappa shape index (κ3) is 3.17. The number of anilines is 2. The van der Waals surface area contributed by atoms with Gasteiger partial charge in [-0.25, -0.2) is 14.8 Å². The lowest BCUT2D eigenvalue weighted by Gasteiger charge is -2.17. The molecule has 1 fully saturated rings. The van der Waals surface area contributed by atoms with E-state index in [1.54, 1.807) is 27.7 Å².